The Morgan fingerprint density at radius 2 is 1.52 bits per heavy atom. The van der Waals surface area contributed by atoms with Crippen LogP contribution in [0, 0.1) is 0 Å². The lowest BCUT2D eigenvalue weighted by molar-refractivity contribution is 0.0838. The highest BCUT2D eigenvalue weighted by Gasteiger charge is 2.15. The van der Waals surface area contributed by atoms with Gasteiger partial charge in [0.15, 0.2) is 0 Å². The molecule has 2 heterocycles. The number of fused-ring (bicyclic) bond motifs is 1. The largest absolute Gasteiger partial charge is 0.309 e. The number of H-pyrrole nitrogens is 1. The molecular weight excluding hydrogens is 346 g/mol. The molecule has 0 bridgehead atoms. The Kier molecular flexibility index (Phi) is 4.24. The molecule has 132 valence electrons. The van der Waals surface area contributed by atoms with E-state index in [0.29, 0.717) is 16.7 Å². The van der Waals surface area contributed by atoms with Gasteiger partial charge in [0, 0.05) is 5.56 Å². The molecule has 9 nitrogen and oxygen atoms in total. The van der Waals surface area contributed by atoms with Crippen molar-refractivity contribution in [2.75, 3.05) is 0 Å². The van der Waals surface area contributed by atoms with E-state index >= 15 is 0 Å². The Morgan fingerprint density at radius 3 is 2.33 bits per heavy atom. The van der Waals surface area contributed by atoms with Crippen molar-refractivity contribution in [3.63, 3.8) is 0 Å². The third kappa shape index (κ3) is 3.47. The lowest BCUT2D eigenvalue weighted by atomic mass is 10.1. The molecule has 0 unspecified atom stereocenters. The van der Waals surface area contributed by atoms with Crippen LogP contribution in [0.4, 0.5) is 0 Å². The van der Waals surface area contributed by atoms with E-state index in [4.69, 9.17) is 0 Å². The van der Waals surface area contributed by atoms with Crippen molar-refractivity contribution in [2.45, 2.75) is 0 Å². The molecule has 27 heavy (non-hydrogen) atoms. The predicted octanol–water partition coefficient (Wildman–Crippen LogP) is 1.49. The number of nitrogens with zero attached hydrogens (tertiary/aromatic N) is 4. The summed E-state index contributed by atoms with van der Waals surface area (Å²) >= 11 is 0. The molecule has 0 aliphatic heterocycles. The van der Waals surface area contributed by atoms with Gasteiger partial charge >= 0.3 is 5.91 Å². The molecule has 0 atom stereocenters. The monoisotopic (exact) mass is 359 g/mol. The van der Waals surface area contributed by atoms with Crippen LogP contribution in [0.2, 0.25) is 0 Å². The summed E-state index contributed by atoms with van der Waals surface area (Å²) < 4.78 is 0. The summed E-state index contributed by atoms with van der Waals surface area (Å²) in [7, 11) is 0. The SMILES string of the molecule is O=C(NNC(=O)c1cc(-c2ccccc2)n[nH]1)c1nnc2ccccc2n1. The summed E-state index contributed by atoms with van der Waals surface area (Å²) in [6.07, 6.45) is 0. The molecule has 2 amide bonds. The molecule has 4 rings (SSSR count). The number of hydrogen-bond acceptors (Lipinski definition) is 6. The molecule has 0 saturated heterocycles. The zero-order chi connectivity index (χ0) is 18.6. The van der Waals surface area contributed by atoms with Crippen molar-refractivity contribution in [1.29, 1.82) is 0 Å². The van der Waals surface area contributed by atoms with Crippen LogP contribution in [0.25, 0.3) is 22.3 Å². The molecule has 0 spiro atoms. The molecule has 4 aromatic rings. The zero-order valence-electron chi connectivity index (χ0n) is 13.9. The first-order valence-corrected chi connectivity index (χ1v) is 8.02. The number of hydrogen-bond donors (Lipinski definition) is 3. The van der Waals surface area contributed by atoms with E-state index in [0.717, 1.165) is 5.56 Å². The van der Waals surface area contributed by atoms with Gasteiger partial charge in [0.05, 0.1) is 11.2 Å². The summed E-state index contributed by atoms with van der Waals surface area (Å²) in [6.45, 7) is 0. The number of carbonyl (C=O) groups excluding carboxylic acids is 2. The molecule has 9 heteroatoms. The summed E-state index contributed by atoms with van der Waals surface area (Å²) in [5.41, 5.74) is 7.35. The van der Waals surface area contributed by atoms with E-state index in [9.17, 15) is 9.59 Å². The Balaban J connectivity index is 1.42. The zero-order valence-corrected chi connectivity index (χ0v) is 13.9. The fourth-order valence-corrected chi connectivity index (χ4v) is 2.41. The number of rotatable bonds is 3. The average Bonchev–Trinajstić information content (AvgIpc) is 3.22. The van der Waals surface area contributed by atoms with Crippen molar-refractivity contribution >= 4 is 22.8 Å². The highest BCUT2D eigenvalue weighted by atomic mass is 16.2. The molecular formula is C18H13N7O2. The maximum absolute atomic E-state index is 12.2. The van der Waals surface area contributed by atoms with Gasteiger partial charge in [-0.05, 0) is 18.2 Å². The molecule has 0 aliphatic carbocycles. The van der Waals surface area contributed by atoms with Crippen LogP contribution in [0.15, 0.2) is 60.7 Å². The Hall–Kier alpha value is -4.14. The number of aromatic nitrogens is 5. The van der Waals surface area contributed by atoms with Crippen molar-refractivity contribution in [3.8, 4) is 11.3 Å². The third-order valence-electron chi connectivity index (χ3n) is 3.75. The quantitative estimate of drug-likeness (QED) is 0.476. The summed E-state index contributed by atoms with van der Waals surface area (Å²) in [4.78, 5) is 28.4. The van der Waals surface area contributed by atoms with Crippen LogP contribution in [-0.2, 0) is 0 Å². The molecule has 0 aliphatic rings. The van der Waals surface area contributed by atoms with E-state index in [1.54, 1.807) is 30.3 Å². The number of hydrazine groups is 1. The lowest BCUT2D eigenvalue weighted by Crippen LogP contribution is -2.42. The molecule has 0 fully saturated rings. The summed E-state index contributed by atoms with van der Waals surface area (Å²) in [5.74, 6) is -1.38. The van der Waals surface area contributed by atoms with Gasteiger partial charge in [-0.25, -0.2) is 4.98 Å². The van der Waals surface area contributed by atoms with Gasteiger partial charge in [-0.1, -0.05) is 42.5 Å². The van der Waals surface area contributed by atoms with Crippen LogP contribution in [-0.4, -0.2) is 37.2 Å². The van der Waals surface area contributed by atoms with Crippen molar-refractivity contribution in [3.05, 3.63) is 72.2 Å². The second-order valence-corrected chi connectivity index (χ2v) is 5.57. The van der Waals surface area contributed by atoms with Crippen molar-refractivity contribution in [1.82, 2.24) is 36.2 Å². The topological polar surface area (TPSA) is 126 Å². The van der Waals surface area contributed by atoms with Crippen molar-refractivity contribution in [2.24, 2.45) is 0 Å². The van der Waals surface area contributed by atoms with E-state index < -0.39 is 11.8 Å². The van der Waals surface area contributed by atoms with Gasteiger partial charge in [-0.15, -0.1) is 10.2 Å². The first kappa shape index (κ1) is 16.3. The Labute approximate surface area is 152 Å². The van der Waals surface area contributed by atoms with Crippen LogP contribution < -0.4 is 10.9 Å². The number of aromatic amines is 1. The number of para-hydroxylation sites is 1. The fraction of sp³-hybridized carbons (Fsp3) is 0. The van der Waals surface area contributed by atoms with Crippen LogP contribution >= 0.6 is 0 Å². The number of carbonyl (C=O) groups is 2. The van der Waals surface area contributed by atoms with Gasteiger partial charge in [-0.2, -0.15) is 5.10 Å². The first-order valence-electron chi connectivity index (χ1n) is 8.02. The van der Waals surface area contributed by atoms with Gasteiger partial charge in [-0.3, -0.25) is 25.5 Å². The third-order valence-corrected chi connectivity index (χ3v) is 3.75. The highest BCUT2D eigenvalue weighted by Crippen LogP contribution is 2.16. The van der Waals surface area contributed by atoms with E-state index in [1.165, 1.54) is 0 Å². The highest BCUT2D eigenvalue weighted by molar-refractivity contribution is 5.97. The van der Waals surface area contributed by atoms with Gasteiger partial charge < -0.3 is 0 Å². The van der Waals surface area contributed by atoms with Crippen molar-refractivity contribution < 1.29 is 9.59 Å². The van der Waals surface area contributed by atoms with Gasteiger partial charge in [0.2, 0.25) is 5.82 Å². The minimum atomic E-state index is -0.676. The summed E-state index contributed by atoms with van der Waals surface area (Å²) in [6, 6.07) is 18.0. The average molecular weight is 359 g/mol. The normalized spacial score (nSPS) is 10.5. The maximum Gasteiger partial charge on any atom is 0.309 e. The van der Waals surface area contributed by atoms with Crippen LogP contribution in [0.3, 0.4) is 0 Å². The Morgan fingerprint density at radius 1 is 0.815 bits per heavy atom. The van der Waals surface area contributed by atoms with E-state index in [1.807, 2.05) is 30.3 Å². The standard InChI is InChI=1S/C18H13N7O2/c26-17(15-10-14(21-22-15)11-6-2-1-3-7-11)24-25-18(27)16-19-12-8-4-5-9-13(12)20-23-16/h1-10H,(H,21,22)(H,24,26)(H,25,27). The van der Waals surface area contributed by atoms with E-state index in [-0.39, 0.29) is 11.5 Å². The number of nitrogens with one attached hydrogen (secondary N) is 3. The molecule has 0 saturated carbocycles. The molecule has 0 radical (unpaired) electrons. The maximum atomic E-state index is 12.2. The smallest absolute Gasteiger partial charge is 0.272 e. The molecule has 2 aromatic heterocycles. The minimum absolute atomic E-state index is 0.149. The first-order chi connectivity index (χ1) is 13.2. The Bertz CT molecular complexity index is 1120. The lowest BCUT2D eigenvalue weighted by Gasteiger charge is -2.05. The predicted molar refractivity (Wildman–Crippen MR) is 96.3 cm³/mol. The number of benzene rings is 2. The van der Waals surface area contributed by atoms with Crippen LogP contribution in [0.1, 0.15) is 21.1 Å². The number of amides is 2. The van der Waals surface area contributed by atoms with E-state index in [2.05, 4.69) is 36.2 Å². The van der Waals surface area contributed by atoms with Gasteiger partial charge in [0.25, 0.3) is 5.91 Å². The molecule has 2 aromatic carbocycles. The minimum Gasteiger partial charge on any atom is -0.272 e. The molecule has 3 N–H and O–H groups in total. The second-order valence-electron chi connectivity index (χ2n) is 5.57. The summed E-state index contributed by atoms with van der Waals surface area (Å²) in [5, 5.41) is 14.4. The fourth-order valence-electron chi connectivity index (χ4n) is 2.41. The second kappa shape index (κ2) is 7.00. The van der Waals surface area contributed by atoms with Crippen LogP contribution in [0.5, 0.6) is 0 Å². The van der Waals surface area contributed by atoms with Gasteiger partial charge in [0.1, 0.15) is 11.2 Å².